The number of likely N-dealkylation sites (tertiary alicyclic amines) is 1. The molecular weight excluding hydrogens is 347 g/mol. The Labute approximate surface area is 158 Å². The van der Waals surface area contributed by atoms with E-state index in [1.54, 1.807) is 36.4 Å². The highest BCUT2D eigenvalue weighted by atomic mass is 19.1. The fourth-order valence-corrected chi connectivity index (χ4v) is 2.99. The maximum atomic E-state index is 12.9. The Balaban J connectivity index is 1.45. The number of benzene rings is 2. The van der Waals surface area contributed by atoms with Crippen LogP contribution in [0, 0.1) is 5.82 Å². The van der Waals surface area contributed by atoms with Crippen LogP contribution in [-0.4, -0.2) is 36.3 Å². The van der Waals surface area contributed by atoms with Crippen LogP contribution in [0.2, 0.25) is 0 Å². The first kappa shape index (κ1) is 18.9. The van der Waals surface area contributed by atoms with Crippen molar-refractivity contribution < 1.29 is 18.7 Å². The first-order valence-corrected chi connectivity index (χ1v) is 9.15. The van der Waals surface area contributed by atoms with Gasteiger partial charge >= 0.3 is 0 Å². The molecular formula is C21H23FN2O3. The molecule has 1 heterocycles. The first-order chi connectivity index (χ1) is 13.1. The van der Waals surface area contributed by atoms with E-state index in [1.807, 2.05) is 4.90 Å². The summed E-state index contributed by atoms with van der Waals surface area (Å²) >= 11 is 0. The number of carbonyl (C=O) groups excluding carboxylic acids is 2. The van der Waals surface area contributed by atoms with Gasteiger partial charge in [-0.2, -0.15) is 0 Å². The molecule has 2 aromatic carbocycles. The van der Waals surface area contributed by atoms with Gasteiger partial charge in [0, 0.05) is 31.6 Å². The van der Waals surface area contributed by atoms with Crippen LogP contribution in [0.1, 0.15) is 35.2 Å². The largest absolute Gasteiger partial charge is 0.489 e. The third-order valence-electron chi connectivity index (χ3n) is 4.48. The van der Waals surface area contributed by atoms with E-state index in [-0.39, 0.29) is 17.6 Å². The summed E-state index contributed by atoms with van der Waals surface area (Å²) in [5.74, 6) is 0.323. The molecule has 1 aliphatic heterocycles. The maximum Gasteiger partial charge on any atom is 0.251 e. The molecule has 142 valence electrons. The van der Waals surface area contributed by atoms with E-state index < -0.39 is 0 Å². The molecule has 0 bridgehead atoms. The molecule has 1 aliphatic rings. The van der Waals surface area contributed by atoms with Crippen LogP contribution >= 0.6 is 0 Å². The van der Waals surface area contributed by atoms with Gasteiger partial charge in [-0.15, -0.1) is 0 Å². The lowest BCUT2D eigenvalue weighted by Crippen LogP contribution is -2.30. The molecule has 0 unspecified atom stereocenters. The average Bonchev–Trinajstić information content (AvgIpc) is 3.09. The molecule has 0 aliphatic carbocycles. The van der Waals surface area contributed by atoms with Crippen LogP contribution in [-0.2, 0) is 11.4 Å². The molecule has 0 saturated carbocycles. The van der Waals surface area contributed by atoms with E-state index in [9.17, 15) is 14.0 Å². The van der Waals surface area contributed by atoms with E-state index >= 15 is 0 Å². The lowest BCUT2D eigenvalue weighted by molar-refractivity contribution is -0.127. The Morgan fingerprint density at radius 3 is 2.74 bits per heavy atom. The van der Waals surface area contributed by atoms with Gasteiger partial charge in [-0.3, -0.25) is 9.59 Å². The summed E-state index contributed by atoms with van der Waals surface area (Å²) in [5.41, 5.74) is 1.37. The molecule has 5 nitrogen and oxygen atoms in total. The van der Waals surface area contributed by atoms with Crippen molar-refractivity contribution in [2.45, 2.75) is 25.9 Å². The number of hydrogen-bond donors (Lipinski definition) is 1. The Kier molecular flexibility index (Phi) is 6.41. The van der Waals surface area contributed by atoms with Crippen molar-refractivity contribution in [1.82, 2.24) is 10.2 Å². The number of hydrogen-bond acceptors (Lipinski definition) is 3. The third-order valence-corrected chi connectivity index (χ3v) is 4.48. The Bertz CT molecular complexity index is 792. The summed E-state index contributed by atoms with van der Waals surface area (Å²) in [4.78, 5) is 25.7. The van der Waals surface area contributed by atoms with Crippen molar-refractivity contribution in [3.05, 3.63) is 65.5 Å². The van der Waals surface area contributed by atoms with Crippen molar-refractivity contribution in [3.8, 4) is 5.75 Å². The second-order valence-electron chi connectivity index (χ2n) is 6.54. The summed E-state index contributed by atoms with van der Waals surface area (Å²) in [7, 11) is 0. The number of nitrogens with one attached hydrogen (secondary N) is 1. The second kappa shape index (κ2) is 9.16. The summed E-state index contributed by atoms with van der Waals surface area (Å²) in [6, 6.07) is 13.1. The zero-order valence-corrected chi connectivity index (χ0v) is 15.1. The molecule has 3 rings (SSSR count). The molecule has 0 aromatic heterocycles. The van der Waals surface area contributed by atoms with Crippen LogP contribution in [0.5, 0.6) is 5.75 Å². The van der Waals surface area contributed by atoms with Crippen LogP contribution in [0.4, 0.5) is 4.39 Å². The number of carbonyl (C=O) groups is 2. The van der Waals surface area contributed by atoms with Gasteiger partial charge in [-0.25, -0.2) is 4.39 Å². The minimum Gasteiger partial charge on any atom is -0.489 e. The van der Waals surface area contributed by atoms with Crippen molar-refractivity contribution in [2.24, 2.45) is 0 Å². The molecule has 6 heteroatoms. The Morgan fingerprint density at radius 1 is 1.19 bits per heavy atom. The lowest BCUT2D eigenvalue weighted by Gasteiger charge is -2.15. The summed E-state index contributed by atoms with van der Waals surface area (Å²) in [6.45, 7) is 2.32. The van der Waals surface area contributed by atoms with Gasteiger partial charge in [-0.05, 0) is 48.7 Å². The van der Waals surface area contributed by atoms with Gasteiger partial charge in [0.2, 0.25) is 5.91 Å². The number of halogens is 1. The molecule has 0 atom stereocenters. The second-order valence-corrected chi connectivity index (χ2v) is 6.54. The zero-order chi connectivity index (χ0) is 19.1. The molecule has 0 radical (unpaired) electrons. The number of nitrogens with zero attached hydrogens (tertiary/aromatic N) is 1. The van der Waals surface area contributed by atoms with Crippen LogP contribution in [0.15, 0.2) is 48.5 Å². The monoisotopic (exact) mass is 370 g/mol. The van der Waals surface area contributed by atoms with Crippen molar-refractivity contribution in [2.75, 3.05) is 19.6 Å². The van der Waals surface area contributed by atoms with Gasteiger partial charge in [0.1, 0.15) is 18.2 Å². The molecule has 0 spiro atoms. The predicted molar refractivity (Wildman–Crippen MR) is 99.9 cm³/mol. The molecule has 2 amide bonds. The minimum absolute atomic E-state index is 0.171. The SMILES string of the molecule is O=C(NCCCN1CCCC1=O)c1cccc(OCc2ccc(F)cc2)c1. The number of ether oxygens (including phenoxy) is 1. The van der Waals surface area contributed by atoms with Crippen LogP contribution < -0.4 is 10.1 Å². The quantitative estimate of drug-likeness (QED) is 0.726. The topological polar surface area (TPSA) is 58.6 Å². The molecule has 1 fully saturated rings. The lowest BCUT2D eigenvalue weighted by atomic mass is 10.2. The van der Waals surface area contributed by atoms with E-state index in [2.05, 4.69) is 5.32 Å². The highest BCUT2D eigenvalue weighted by Crippen LogP contribution is 2.16. The fraction of sp³-hybridized carbons (Fsp3) is 0.333. The Morgan fingerprint density at radius 2 is 2.00 bits per heavy atom. The maximum absolute atomic E-state index is 12.9. The molecule has 1 saturated heterocycles. The predicted octanol–water partition coefficient (Wildman–Crippen LogP) is 3.15. The zero-order valence-electron chi connectivity index (χ0n) is 15.1. The van der Waals surface area contributed by atoms with E-state index in [1.165, 1.54) is 12.1 Å². The normalized spacial score (nSPS) is 13.7. The van der Waals surface area contributed by atoms with E-state index in [0.29, 0.717) is 37.4 Å². The summed E-state index contributed by atoms with van der Waals surface area (Å²) in [6.07, 6.45) is 2.30. The third kappa shape index (κ3) is 5.54. The van der Waals surface area contributed by atoms with E-state index in [4.69, 9.17) is 4.74 Å². The van der Waals surface area contributed by atoms with E-state index in [0.717, 1.165) is 24.9 Å². The summed E-state index contributed by atoms with van der Waals surface area (Å²) < 4.78 is 18.6. The van der Waals surface area contributed by atoms with Gasteiger partial charge < -0.3 is 15.0 Å². The fourth-order valence-electron chi connectivity index (χ4n) is 2.99. The molecule has 1 N–H and O–H groups in total. The number of amides is 2. The van der Waals surface area contributed by atoms with Gasteiger partial charge in [0.05, 0.1) is 0 Å². The minimum atomic E-state index is -0.286. The first-order valence-electron chi connectivity index (χ1n) is 9.15. The molecule has 2 aromatic rings. The van der Waals surface area contributed by atoms with Gasteiger partial charge in [0.25, 0.3) is 5.91 Å². The van der Waals surface area contributed by atoms with Crippen molar-refractivity contribution in [3.63, 3.8) is 0 Å². The molecule has 27 heavy (non-hydrogen) atoms. The van der Waals surface area contributed by atoms with Crippen LogP contribution in [0.3, 0.4) is 0 Å². The van der Waals surface area contributed by atoms with Crippen molar-refractivity contribution in [1.29, 1.82) is 0 Å². The highest BCUT2D eigenvalue weighted by molar-refractivity contribution is 5.94. The average molecular weight is 370 g/mol. The Hall–Kier alpha value is -2.89. The van der Waals surface area contributed by atoms with Crippen molar-refractivity contribution >= 4 is 11.8 Å². The highest BCUT2D eigenvalue weighted by Gasteiger charge is 2.19. The standard InChI is InChI=1S/C21H23FN2O3/c22-18-9-7-16(8-10-18)15-27-19-5-1-4-17(14-19)21(26)23-11-3-13-24-12-2-6-20(24)25/h1,4-5,7-10,14H,2-3,6,11-13,15H2,(H,23,26). The summed E-state index contributed by atoms with van der Waals surface area (Å²) in [5, 5.41) is 2.87. The van der Waals surface area contributed by atoms with Gasteiger partial charge in [-0.1, -0.05) is 18.2 Å². The van der Waals surface area contributed by atoms with Gasteiger partial charge in [0.15, 0.2) is 0 Å². The number of rotatable bonds is 8. The van der Waals surface area contributed by atoms with Crippen LogP contribution in [0.25, 0.3) is 0 Å². The smallest absolute Gasteiger partial charge is 0.251 e.